The summed E-state index contributed by atoms with van der Waals surface area (Å²) in [5.41, 5.74) is 1.19. The molecular weight excluding hydrogens is 351 g/mol. The van der Waals surface area contributed by atoms with Gasteiger partial charge in [-0.3, -0.25) is 4.90 Å². The Balaban J connectivity index is 0.00000162. The van der Waals surface area contributed by atoms with E-state index < -0.39 is 0 Å². The molecule has 0 aromatic heterocycles. The Morgan fingerprint density at radius 3 is 2.53 bits per heavy atom. The standard InChI is InChI=1S/C13H19BrN2O.2ClH/c1-2-13(16-7-5-15-6-8-16)11-9-10(17)3-4-12(11)14;;/h3-4,9,13,15,17H,2,5-8H2,1H3;2*1H/t13-;;/m1../s1. The molecule has 0 bridgehead atoms. The summed E-state index contributed by atoms with van der Waals surface area (Å²) in [6.45, 7) is 6.43. The van der Waals surface area contributed by atoms with Gasteiger partial charge in [0.2, 0.25) is 0 Å². The van der Waals surface area contributed by atoms with Crippen molar-refractivity contribution in [2.24, 2.45) is 0 Å². The second-order valence-corrected chi connectivity index (χ2v) is 5.27. The monoisotopic (exact) mass is 370 g/mol. The van der Waals surface area contributed by atoms with Gasteiger partial charge in [0, 0.05) is 36.7 Å². The molecule has 1 aromatic rings. The summed E-state index contributed by atoms with van der Waals surface area (Å²) in [6.07, 6.45) is 1.06. The first-order valence-corrected chi connectivity index (χ1v) is 6.95. The molecular formula is C13H21BrCl2N2O. The number of nitrogens with one attached hydrogen (secondary N) is 1. The Hall–Kier alpha value is -0.000000000000000222. The molecule has 1 aliphatic rings. The van der Waals surface area contributed by atoms with Gasteiger partial charge in [0.15, 0.2) is 0 Å². The van der Waals surface area contributed by atoms with Crippen molar-refractivity contribution in [3.63, 3.8) is 0 Å². The van der Waals surface area contributed by atoms with E-state index in [9.17, 15) is 5.11 Å². The number of nitrogens with zero attached hydrogens (tertiary/aromatic N) is 1. The topological polar surface area (TPSA) is 35.5 Å². The van der Waals surface area contributed by atoms with Crippen LogP contribution in [0.1, 0.15) is 24.9 Å². The molecule has 1 heterocycles. The van der Waals surface area contributed by atoms with Gasteiger partial charge in [-0.1, -0.05) is 22.9 Å². The Bertz CT molecular complexity index is 387. The number of phenolic OH excluding ortho intramolecular Hbond substituents is 1. The molecule has 2 N–H and O–H groups in total. The second kappa shape index (κ2) is 9.03. The molecule has 110 valence electrons. The van der Waals surface area contributed by atoms with Crippen LogP contribution in [-0.2, 0) is 0 Å². The molecule has 0 amide bonds. The zero-order valence-electron chi connectivity index (χ0n) is 10.9. The van der Waals surface area contributed by atoms with Crippen LogP contribution in [0.3, 0.4) is 0 Å². The van der Waals surface area contributed by atoms with Gasteiger partial charge in [0.25, 0.3) is 0 Å². The predicted molar refractivity (Wildman–Crippen MR) is 87.8 cm³/mol. The third-order valence-electron chi connectivity index (χ3n) is 3.32. The molecule has 0 radical (unpaired) electrons. The zero-order chi connectivity index (χ0) is 12.3. The Morgan fingerprint density at radius 1 is 1.32 bits per heavy atom. The van der Waals surface area contributed by atoms with E-state index in [2.05, 4.69) is 33.1 Å². The highest BCUT2D eigenvalue weighted by Gasteiger charge is 2.22. The molecule has 0 aliphatic carbocycles. The summed E-state index contributed by atoms with van der Waals surface area (Å²) in [5, 5.41) is 13.0. The van der Waals surface area contributed by atoms with E-state index in [-0.39, 0.29) is 24.8 Å². The van der Waals surface area contributed by atoms with Crippen molar-refractivity contribution in [2.45, 2.75) is 19.4 Å². The minimum Gasteiger partial charge on any atom is -0.508 e. The van der Waals surface area contributed by atoms with E-state index in [0.29, 0.717) is 11.8 Å². The zero-order valence-corrected chi connectivity index (χ0v) is 14.2. The molecule has 0 spiro atoms. The molecule has 1 atom stereocenters. The van der Waals surface area contributed by atoms with Crippen LogP contribution in [0.25, 0.3) is 0 Å². The highest BCUT2D eigenvalue weighted by atomic mass is 79.9. The molecule has 3 nitrogen and oxygen atoms in total. The molecule has 19 heavy (non-hydrogen) atoms. The molecule has 1 aromatic carbocycles. The van der Waals surface area contributed by atoms with Crippen molar-refractivity contribution in [2.75, 3.05) is 26.2 Å². The first-order chi connectivity index (χ1) is 8.22. The maximum absolute atomic E-state index is 9.63. The molecule has 1 fully saturated rings. The smallest absolute Gasteiger partial charge is 0.115 e. The fourth-order valence-corrected chi connectivity index (χ4v) is 2.97. The normalized spacial score (nSPS) is 17.2. The SMILES string of the molecule is CC[C@H](c1cc(O)ccc1Br)N1CCNCC1.Cl.Cl. The van der Waals surface area contributed by atoms with Crippen LogP contribution >= 0.6 is 40.7 Å². The van der Waals surface area contributed by atoms with E-state index in [4.69, 9.17) is 0 Å². The van der Waals surface area contributed by atoms with Crippen molar-refractivity contribution in [1.29, 1.82) is 0 Å². The highest BCUT2D eigenvalue weighted by Crippen LogP contribution is 2.32. The number of halogens is 3. The van der Waals surface area contributed by atoms with Crippen molar-refractivity contribution in [3.8, 4) is 5.75 Å². The van der Waals surface area contributed by atoms with Crippen LogP contribution in [0.2, 0.25) is 0 Å². The number of piperazine rings is 1. The third kappa shape index (κ3) is 4.80. The van der Waals surface area contributed by atoms with Crippen molar-refractivity contribution in [3.05, 3.63) is 28.2 Å². The lowest BCUT2D eigenvalue weighted by Crippen LogP contribution is -2.45. The molecule has 6 heteroatoms. The summed E-state index contributed by atoms with van der Waals surface area (Å²) < 4.78 is 1.08. The van der Waals surface area contributed by atoms with Gasteiger partial charge >= 0.3 is 0 Å². The van der Waals surface area contributed by atoms with Crippen LogP contribution in [-0.4, -0.2) is 36.2 Å². The van der Waals surface area contributed by atoms with E-state index in [1.807, 2.05) is 12.1 Å². The lowest BCUT2D eigenvalue weighted by molar-refractivity contribution is 0.168. The van der Waals surface area contributed by atoms with E-state index in [0.717, 1.165) is 37.1 Å². The molecule has 2 rings (SSSR count). The minimum atomic E-state index is 0. The lowest BCUT2D eigenvalue weighted by Gasteiger charge is -2.35. The van der Waals surface area contributed by atoms with Crippen LogP contribution in [0.5, 0.6) is 5.75 Å². The average molecular weight is 372 g/mol. The van der Waals surface area contributed by atoms with Crippen molar-refractivity contribution >= 4 is 40.7 Å². The van der Waals surface area contributed by atoms with E-state index in [1.54, 1.807) is 6.07 Å². The van der Waals surface area contributed by atoms with Crippen LogP contribution < -0.4 is 5.32 Å². The second-order valence-electron chi connectivity index (χ2n) is 4.42. The average Bonchev–Trinajstić information content (AvgIpc) is 2.36. The van der Waals surface area contributed by atoms with Crippen molar-refractivity contribution < 1.29 is 5.11 Å². The maximum atomic E-state index is 9.63. The van der Waals surface area contributed by atoms with Gasteiger partial charge < -0.3 is 10.4 Å². The number of benzene rings is 1. The van der Waals surface area contributed by atoms with Crippen LogP contribution in [0.15, 0.2) is 22.7 Å². The Labute approximate surface area is 135 Å². The molecule has 1 saturated heterocycles. The maximum Gasteiger partial charge on any atom is 0.115 e. The number of phenols is 1. The van der Waals surface area contributed by atoms with Gasteiger partial charge in [0.05, 0.1) is 0 Å². The van der Waals surface area contributed by atoms with Gasteiger partial charge in [-0.05, 0) is 30.2 Å². The van der Waals surface area contributed by atoms with Crippen molar-refractivity contribution in [1.82, 2.24) is 10.2 Å². The van der Waals surface area contributed by atoms with Crippen LogP contribution in [0.4, 0.5) is 0 Å². The largest absolute Gasteiger partial charge is 0.508 e. The Morgan fingerprint density at radius 2 is 1.95 bits per heavy atom. The lowest BCUT2D eigenvalue weighted by atomic mass is 10.0. The number of aromatic hydroxyl groups is 1. The molecule has 1 aliphatic heterocycles. The van der Waals surface area contributed by atoms with Gasteiger partial charge in [0.1, 0.15) is 5.75 Å². The van der Waals surface area contributed by atoms with Gasteiger partial charge in [-0.2, -0.15) is 0 Å². The summed E-state index contributed by atoms with van der Waals surface area (Å²) in [5.74, 6) is 0.344. The fourth-order valence-electron chi connectivity index (χ4n) is 2.46. The molecule has 0 saturated carbocycles. The third-order valence-corrected chi connectivity index (χ3v) is 4.04. The summed E-state index contributed by atoms with van der Waals surface area (Å²) in [6, 6.07) is 5.91. The Kier molecular flexibility index (Phi) is 9.03. The number of rotatable bonds is 3. The predicted octanol–water partition coefficient (Wildman–Crippen LogP) is 3.35. The van der Waals surface area contributed by atoms with Gasteiger partial charge in [-0.25, -0.2) is 0 Å². The number of hydrogen-bond acceptors (Lipinski definition) is 3. The van der Waals surface area contributed by atoms with Gasteiger partial charge in [-0.15, -0.1) is 24.8 Å². The first-order valence-electron chi connectivity index (χ1n) is 6.15. The summed E-state index contributed by atoms with van der Waals surface area (Å²) in [7, 11) is 0. The first kappa shape index (κ1) is 19.0. The van der Waals surface area contributed by atoms with Crippen LogP contribution in [0, 0.1) is 0 Å². The summed E-state index contributed by atoms with van der Waals surface area (Å²) in [4.78, 5) is 2.48. The fraction of sp³-hybridized carbons (Fsp3) is 0.538. The number of hydrogen-bond donors (Lipinski definition) is 2. The minimum absolute atomic E-state index is 0. The summed E-state index contributed by atoms with van der Waals surface area (Å²) >= 11 is 3.59. The highest BCUT2D eigenvalue weighted by molar-refractivity contribution is 9.10. The quantitative estimate of drug-likeness (QED) is 0.855. The van der Waals surface area contributed by atoms with E-state index >= 15 is 0 Å². The van der Waals surface area contributed by atoms with E-state index in [1.165, 1.54) is 5.56 Å². The molecule has 0 unspecified atom stereocenters.